The topological polar surface area (TPSA) is 66.3 Å². The van der Waals surface area contributed by atoms with Crippen molar-refractivity contribution in [2.24, 2.45) is 0 Å². The van der Waals surface area contributed by atoms with Gasteiger partial charge in [0.15, 0.2) is 0 Å². The van der Waals surface area contributed by atoms with Crippen molar-refractivity contribution in [3.8, 4) is 0 Å². The van der Waals surface area contributed by atoms with Crippen molar-refractivity contribution in [3.63, 3.8) is 0 Å². The monoisotopic (exact) mass is 235 g/mol. The zero-order chi connectivity index (χ0) is 12.4. The number of likely N-dealkylation sites (N-methyl/N-ethyl adjacent to an activating group) is 1. The highest BCUT2D eigenvalue weighted by Crippen LogP contribution is 2.27. The van der Waals surface area contributed by atoms with Gasteiger partial charge in [0.1, 0.15) is 18.2 Å². The van der Waals surface area contributed by atoms with E-state index in [1.54, 1.807) is 11.9 Å². The molecule has 0 fully saturated rings. The predicted octanol–water partition coefficient (Wildman–Crippen LogP) is 1.18. The van der Waals surface area contributed by atoms with E-state index in [0.29, 0.717) is 0 Å². The molecule has 0 amide bonds. The van der Waals surface area contributed by atoms with Gasteiger partial charge in [-0.1, -0.05) is 0 Å². The number of hydrogen-bond acceptors (Lipinski definition) is 4. The van der Waals surface area contributed by atoms with Crippen molar-refractivity contribution >= 4 is 11.8 Å². The zero-order valence-electron chi connectivity index (χ0n) is 10.2. The molecular formula is C12H17N3O2. The summed E-state index contributed by atoms with van der Waals surface area (Å²) >= 11 is 0. The summed E-state index contributed by atoms with van der Waals surface area (Å²) in [5.41, 5.74) is 2.22. The van der Waals surface area contributed by atoms with Crippen molar-refractivity contribution in [2.75, 3.05) is 18.5 Å². The molecule has 1 aromatic heterocycles. The van der Waals surface area contributed by atoms with Crippen LogP contribution in [0.5, 0.6) is 0 Å². The molecule has 1 aliphatic carbocycles. The Labute approximate surface area is 100 Å². The van der Waals surface area contributed by atoms with Crippen LogP contribution >= 0.6 is 0 Å². The van der Waals surface area contributed by atoms with Crippen LogP contribution in [-0.2, 0) is 17.6 Å². The Morgan fingerprint density at radius 1 is 1.35 bits per heavy atom. The minimum Gasteiger partial charge on any atom is -0.480 e. The molecular weight excluding hydrogens is 218 g/mol. The first-order chi connectivity index (χ1) is 8.08. The van der Waals surface area contributed by atoms with Crippen molar-refractivity contribution in [1.29, 1.82) is 0 Å². The van der Waals surface area contributed by atoms with Gasteiger partial charge in [-0.25, -0.2) is 9.97 Å². The lowest BCUT2D eigenvalue weighted by Gasteiger charge is -2.24. The van der Waals surface area contributed by atoms with Crippen molar-refractivity contribution < 1.29 is 9.90 Å². The molecule has 0 aliphatic heterocycles. The van der Waals surface area contributed by atoms with Crippen LogP contribution in [0.2, 0.25) is 0 Å². The number of carboxylic acid groups (broad SMARTS) is 1. The van der Waals surface area contributed by atoms with Crippen LogP contribution in [0.15, 0.2) is 0 Å². The lowest BCUT2D eigenvalue weighted by molar-refractivity contribution is -0.135. The first kappa shape index (κ1) is 11.8. The standard InChI is InChI=1S/C12H17N3O2/c1-8-13-10-6-4-3-5-9(10)12(14-8)15(2)7-11(16)17/h3-7H2,1-2H3,(H,16,17). The fourth-order valence-corrected chi connectivity index (χ4v) is 2.29. The summed E-state index contributed by atoms with van der Waals surface area (Å²) in [7, 11) is 1.77. The molecule has 92 valence electrons. The van der Waals surface area contributed by atoms with Crippen LogP contribution in [0.4, 0.5) is 5.82 Å². The Balaban J connectivity index is 2.38. The summed E-state index contributed by atoms with van der Waals surface area (Å²) in [5, 5.41) is 8.83. The zero-order valence-corrected chi connectivity index (χ0v) is 10.2. The van der Waals surface area contributed by atoms with Gasteiger partial charge >= 0.3 is 5.97 Å². The van der Waals surface area contributed by atoms with Gasteiger partial charge in [0.05, 0.1) is 0 Å². The van der Waals surface area contributed by atoms with Gasteiger partial charge in [-0.05, 0) is 32.6 Å². The Morgan fingerprint density at radius 3 is 2.76 bits per heavy atom. The fraction of sp³-hybridized carbons (Fsp3) is 0.583. The number of fused-ring (bicyclic) bond motifs is 1. The normalized spacial score (nSPS) is 14.2. The summed E-state index contributed by atoms with van der Waals surface area (Å²) in [6, 6.07) is 0. The largest absolute Gasteiger partial charge is 0.480 e. The minimum atomic E-state index is -0.840. The third kappa shape index (κ3) is 2.54. The van der Waals surface area contributed by atoms with Gasteiger partial charge < -0.3 is 10.0 Å². The van der Waals surface area contributed by atoms with Crippen molar-refractivity contribution in [2.45, 2.75) is 32.6 Å². The predicted molar refractivity (Wildman–Crippen MR) is 64.3 cm³/mol. The molecule has 0 spiro atoms. The number of aryl methyl sites for hydroxylation is 2. The van der Waals surface area contributed by atoms with E-state index >= 15 is 0 Å². The maximum atomic E-state index is 10.8. The summed E-state index contributed by atoms with van der Waals surface area (Å²) in [5.74, 6) is 0.667. The molecule has 0 saturated heterocycles. The molecule has 0 aromatic carbocycles. The first-order valence-corrected chi connectivity index (χ1v) is 5.87. The van der Waals surface area contributed by atoms with Crippen LogP contribution in [0.3, 0.4) is 0 Å². The molecule has 1 aliphatic rings. The highest BCUT2D eigenvalue weighted by atomic mass is 16.4. The van der Waals surface area contributed by atoms with Gasteiger partial charge in [-0.3, -0.25) is 4.79 Å². The Morgan fingerprint density at radius 2 is 2.06 bits per heavy atom. The lowest BCUT2D eigenvalue weighted by atomic mass is 9.96. The van der Waals surface area contributed by atoms with E-state index in [1.165, 1.54) is 0 Å². The molecule has 1 N–H and O–H groups in total. The first-order valence-electron chi connectivity index (χ1n) is 5.87. The van der Waals surface area contributed by atoms with Crippen LogP contribution in [0.1, 0.15) is 29.9 Å². The second-order valence-corrected chi connectivity index (χ2v) is 4.48. The number of anilines is 1. The molecule has 1 aromatic rings. The number of aromatic nitrogens is 2. The Bertz CT molecular complexity index is 446. The second-order valence-electron chi connectivity index (χ2n) is 4.48. The second kappa shape index (κ2) is 4.69. The molecule has 5 heteroatoms. The van der Waals surface area contributed by atoms with Crippen LogP contribution in [-0.4, -0.2) is 34.6 Å². The van der Waals surface area contributed by atoms with Gasteiger partial charge in [-0.15, -0.1) is 0 Å². The molecule has 0 radical (unpaired) electrons. The maximum Gasteiger partial charge on any atom is 0.323 e. The summed E-state index contributed by atoms with van der Waals surface area (Å²) in [4.78, 5) is 21.3. The lowest BCUT2D eigenvalue weighted by Crippen LogP contribution is -2.28. The molecule has 2 rings (SSSR count). The highest BCUT2D eigenvalue weighted by Gasteiger charge is 2.20. The van der Waals surface area contributed by atoms with Crippen LogP contribution < -0.4 is 4.90 Å². The quantitative estimate of drug-likeness (QED) is 0.852. The third-order valence-electron chi connectivity index (χ3n) is 3.01. The maximum absolute atomic E-state index is 10.8. The van der Waals surface area contributed by atoms with Gasteiger partial charge in [0.25, 0.3) is 0 Å². The molecule has 17 heavy (non-hydrogen) atoms. The Kier molecular flexibility index (Phi) is 3.26. The fourth-order valence-electron chi connectivity index (χ4n) is 2.29. The van der Waals surface area contributed by atoms with E-state index in [9.17, 15) is 4.79 Å². The molecule has 5 nitrogen and oxygen atoms in total. The molecule has 1 heterocycles. The summed E-state index contributed by atoms with van der Waals surface area (Å²) in [6.45, 7) is 1.83. The molecule has 0 unspecified atom stereocenters. The van der Waals surface area contributed by atoms with E-state index in [2.05, 4.69) is 9.97 Å². The molecule has 0 saturated carbocycles. The number of nitrogens with zero attached hydrogens (tertiary/aromatic N) is 3. The third-order valence-corrected chi connectivity index (χ3v) is 3.01. The number of carbonyl (C=O) groups is 1. The SMILES string of the molecule is Cc1nc2c(c(N(C)CC(=O)O)n1)CCCC2. The van der Waals surface area contributed by atoms with E-state index in [0.717, 1.165) is 48.6 Å². The van der Waals surface area contributed by atoms with Gasteiger partial charge in [-0.2, -0.15) is 0 Å². The molecule has 0 bridgehead atoms. The van der Waals surface area contributed by atoms with E-state index in [1.807, 2.05) is 6.92 Å². The van der Waals surface area contributed by atoms with Gasteiger partial charge in [0, 0.05) is 18.3 Å². The average Bonchev–Trinajstić information content (AvgIpc) is 2.26. The number of aliphatic carboxylic acids is 1. The van der Waals surface area contributed by atoms with Crippen LogP contribution in [0.25, 0.3) is 0 Å². The smallest absolute Gasteiger partial charge is 0.323 e. The van der Waals surface area contributed by atoms with Gasteiger partial charge in [0.2, 0.25) is 0 Å². The summed E-state index contributed by atoms with van der Waals surface area (Å²) < 4.78 is 0. The summed E-state index contributed by atoms with van der Waals surface area (Å²) in [6.07, 6.45) is 4.22. The number of carboxylic acids is 1. The van der Waals surface area contributed by atoms with Crippen molar-refractivity contribution in [1.82, 2.24) is 9.97 Å². The van der Waals surface area contributed by atoms with Crippen molar-refractivity contribution in [3.05, 3.63) is 17.1 Å². The number of hydrogen-bond donors (Lipinski definition) is 1. The van der Waals surface area contributed by atoms with E-state index in [4.69, 9.17) is 5.11 Å². The number of rotatable bonds is 3. The highest BCUT2D eigenvalue weighted by molar-refractivity contribution is 5.73. The van der Waals surface area contributed by atoms with Crippen LogP contribution in [0, 0.1) is 6.92 Å². The average molecular weight is 235 g/mol. The van der Waals surface area contributed by atoms with E-state index < -0.39 is 5.97 Å². The Hall–Kier alpha value is -1.65. The molecule has 0 atom stereocenters. The minimum absolute atomic E-state index is 0.0249. The van der Waals surface area contributed by atoms with E-state index in [-0.39, 0.29) is 6.54 Å².